The molecule has 40 heavy (non-hydrogen) atoms. The molecule has 0 saturated carbocycles. The number of allylic oxidation sites excluding steroid dienone is 4. The van der Waals surface area contributed by atoms with Crippen LogP contribution in [0.4, 0.5) is 0 Å². The number of hydrogen-bond donors (Lipinski definition) is 0. The van der Waals surface area contributed by atoms with Crippen LogP contribution >= 0.6 is 0 Å². The van der Waals surface area contributed by atoms with Gasteiger partial charge in [0.2, 0.25) is 0 Å². The monoisotopic (exact) mass is 598 g/mol. The Kier molecular flexibility index (Phi) is 7.17. The molecule has 0 heterocycles. The second-order valence-electron chi connectivity index (χ2n) is 13.4. The van der Waals surface area contributed by atoms with Crippen molar-refractivity contribution in [2.45, 2.75) is 59.6 Å². The van der Waals surface area contributed by atoms with Crippen LogP contribution < -0.4 is 0 Å². The maximum atomic E-state index is 2.52. The van der Waals surface area contributed by atoms with Crippen LogP contribution in [0.25, 0.3) is 11.1 Å². The molecule has 2 aliphatic rings. The summed E-state index contributed by atoms with van der Waals surface area (Å²) in [6, 6.07) is 37.3. The van der Waals surface area contributed by atoms with E-state index in [4.69, 9.17) is 0 Å². The van der Waals surface area contributed by atoms with Crippen molar-refractivity contribution in [1.29, 1.82) is 0 Å². The van der Waals surface area contributed by atoms with E-state index in [0.29, 0.717) is 7.25 Å². The summed E-state index contributed by atoms with van der Waals surface area (Å²) in [4.78, 5) is 0. The van der Waals surface area contributed by atoms with Crippen LogP contribution in [0.3, 0.4) is 0 Å². The molecule has 0 aliphatic heterocycles. The molecule has 200 valence electrons. The fraction of sp³-hybridized carbons (Fsp3) is 0.256. The van der Waals surface area contributed by atoms with Gasteiger partial charge in [-0.2, -0.15) is 0 Å². The number of rotatable bonds is 4. The van der Waals surface area contributed by atoms with Crippen LogP contribution in [0, 0.1) is 0 Å². The molecule has 0 aromatic heterocycles. The summed E-state index contributed by atoms with van der Waals surface area (Å²) < 4.78 is 2.57. The van der Waals surface area contributed by atoms with Gasteiger partial charge >= 0.3 is 250 Å². The van der Waals surface area contributed by atoms with E-state index in [0.717, 1.165) is 0 Å². The first-order chi connectivity index (χ1) is 19.1. The molecule has 0 bridgehead atoms. The molecule has 0 fully saturated rings. The predicted molar refractivity (Wildman–Crippen MR) is 169 cm³/mol. The average Bonchev–Trinajstić information content (AvgIpc) is 3.58. The Labute approximate surface area is 248 Å². The number of hydrogen-bond acceptors (Lipinski definition) is 0. The summed E-state index contributed by atoms with van der Waals surface area (Å²) in [7, 11) is 0. The zero-order chi connectivity index (χ0) is 28.1. The third-order valence-corrected chi connectivity index (χ3v) is 17.2. The predicted octanol–water partition coefficient (Wildman–Crippen LogP) is 10.2. The zero-order valence-electron chi connectivity index (χ0n) is 24.7. The average molecular weight is 600 g/mol. The number of benzene rings is 4. The first-order valence-electron chi connectivity index (χ1n) is 14.6. The van der Waals surface area contributed by atoms with E-state index in [2.05, 4.69) is 163 Å². The van der Waals surface area contributed by atoms with Crippen molar-refractivity contribution in [1.82, 2.24) is 0 Å². The Morgan fingerprint density at radius 1 is 0.550 bits per heavy atom. The van der Waals surface area contributed by atoms with Gasteiger partial charge in [0, 0.05) is 0 Å². The first kappa shape index (κ1) is 27.3. The molecule has 0 atom stereocenters. The molecule has 0 N–H and O–H groups in total. The second-order valence-corrected chi connectivity index (χ2v) is 19.9. The van der Waals surface area contributed by atoms with E-state index in [1.165, 1.54) is 33.4 Å². The fourth-order valence-corrected chi connectivity index (χ4v) is 15.8. The fourth-order valence-electron chi connectivity index (χ4n) is 6.37. The minimum atomic E-state index is -2.59. The molecule has 2 aliphatic carbocycles. The maximum absolute atomic E-state index is 2.59. The third kappa shape index (κ3) is 5.03. The molecular weight excluding hydrogens is 560 g/mol. The van der Waals surface area contributed by atoms with E-state index < -0.39 is 21.3 Å². The second kappa shape index (κ2) is 10.5. The standard InChI is InChI=1S/C21H25.C13H10.C5H5.Zr/c1-20(2,3)16-9-7-14-11-15-8-10-17(21(4,5)6)13-19(15)18(14)12-16;1-3-7-12(8-4-1)11-13-9-5-2-6-10-13;1-2-4-5-3-1;/h7-13H,1-6H3;1-10H;1-5H;. The van der Waals surface area contributed by atoms with Gasteiger partial charge in [-0.3, -0.25) is 0 Å². The molecule has 0 nitrogen and oxygen atoms in total. The van der Waals surface area contributed by atoms with E-state index in [1.54, 1.807) is 14.3 Å². The Bertz CT molecular complexity index is 1520. The summed E-state index contributed by atoms with van der Waals surface area (Å²) in [6.07, 6.45) is 9.54. The SMILES string of the molecule is CC(C)(C)c1ccc2c(c1)-c1cc(C(C)(C)C)ccc1[CH]2[Zr](=[C](c1ccccc1)c1ccccc1)[CH]1C=CC=C1. The van der Waals surface area contributed by atoms with Crippen LogP contribution in [0.15, 0.2) is 121 Å². The van der Waals surface area contributed by atoms with Crippen molar-refractivity contribution in [3.05, 3.63) is 155 Å². The molecule has 0 radical (unpaired) electrons. The van der Waals surface area contributed by atoms with Crippen molar-refractivity contribution in [3.8, 4) is 11.1 Å². The Morgan fingerprint density at radius 3 is 1.38 bits per heavy atom. The van der Waals surface area contributed by atoms with Gasteiger partial charge in [-0.1, -0.05) is 0 Å². The van der Waals surface area contributed by atoms with Gasteiger partial charge in [0.05, 0.1) is 0 Å². The molecule has 0 saturated heterocycles. The van der Waals surface area contributed by atoms with Crippen LogP contribution in [-0.4, -0.2) is 3.21 Å². The molecule has 4 aromatic carbocycles. The van der Waals surface area contributed by atoms with Crippen molar-refractivity contribution in [3.63, 3.8) is 0 Å². The summed E-state index contributed by atoms with van der Waals surface area (Å²) in [5.41, 5.74) is 11.8. The van der Waals surface area contributed by atoms with Gasteiger partial charge in [0.1, 0.15) is 0 Å². The molecule has 0 amide bonds. The van der Waals surface area contributed by atoms with Crippen molar-refractivity contribution in [2.75, 3.05) is 0 Å². The molecule has 0 spiro atoms. The number of fused-ring (bicyclic) bond motifs is 3. The van der Waals surface area contributed by atoms with E-state index in [-0.39, 0.29) is 10.8 Å². The summed E-state index contributed by atoms with van der Waals surface area (Å²) in [5, 5.41) is 0. The minimum absolute atomic E-state index is 0.110. The Balaban J connectivity index is 1.71. The summed E-state index contributed by atoms with van der Waals surface area (Å²) in [6.45, 7) is 14.0. The first-order valence-corrected chi connectivity index (χ1v) is 18.7. The van der Waals surface area contributed by atoms with Gasteiger partial charge in [-0.15, -0.1) is 0 Å². The molecule has 0 unspecified atom stereocenters. The van der Waals surface area contributed by atoms with E-state index >= 15 is 0 Å². The van der Waals surface area contributed by atoms with Crippen LogP contribution in [0.5, 0.6) is 0 Å². The normalized spacial score (nSPS) is 14.8. The van der Waals surface area contributed by atoms with Gasteiger partial charge in [-0.05, 0) is 0 Å². The van der Waals surface area contributed by atoms with Crippen molar-refractivity contribution in [2.24, 2.45) is 0 Å². The quantitative estimate of drug-likeness (QED) is 0.219. The van der Waals surface area contributed by atoms with E-state index in [1.807, 2.05) is 0 Å². The third-order valence-electron chi connectivity index (χ3n) is 8.58. The molecular formula is C39H40Zr. The molecule has 6 rings (SSSR count). The van der Waals surface area contributed by atoms with Gasteiger partial charge < -0.3 is 0 Å². The van der Waals surface area contributed by atoms with Gasteiger partial charge in [0.15, 0.2) is 0 Å². The topological polar surface area (TPSA) is 0 Å². The summed E-state index contributed by atoms with van der Waals surface area (Å²) >= 11 is -2.59. The summed E-state index contributed by atoms with van der Waals surface area (Å²) in [5.74, 6) is 0. The van der Waals surface area contributed by atoms with Crippen LogP contribution in [0.2, 0.25) is 3.63 Å². The van der Waals surface area contributed by atoms with Gasteiger partial charge in [-0.25, -0.2) is 0 Å². The molecule has 1 heteroatoms. The van der Waals surface area contributed by atoms with Crippen molar-refractivity contribution >= 4 is 3.21 Å². The Hall–Kier alpha value is -2.89. The van der Waals surface area contributed by atoms with Crippen LogP contribution in [-0.2, 0) is 32.1 Å². The zero-order valence-corrected chi connectivity index (χ0v) is 27.2. The van der Waals surface area contributed by atoms with Gasteiger partial charge in [0.25, 0.3) is 0 Å². The van der Waals surface area contributed by atoms with Crippen LogP contribution in [0.1, 0.15) is 78.5 Å². The van der Waals surface area contributed by atoms with Crippen molar-refractivity contribution < 1.29 is 21.3 Å². The van der Waals surface area contributed by atoms with E-state index in [9.17, 15) is 0 Å². The Morgan fingerprint density at radius 2 is 0.975 bits per heavy atom. The molecule has 4 aromatic rings.